The van der Waals surface area contributed by atoms with Gasteiger partial charge in [0, 0.05) is 17.1 Å². The Morgan fingerprint density at radius 1 is 1.13 bits per heavy atom. The molecule has 0 bridgehead atoms. The van der Waals surface area contributed by atoms with Crippen molar-refractivity contribution >= 4 is 28.8 Å². The summed E-state index contributed by atoms with van der Waals surface area (Å²) >= 11 is 1.63. The van der Waals surface area contributed by atoms with E-state index in [2.05, 4.69) is 10.6 Å². The lowest BCUT2D eigenvalue weighted by molar-refractivity contribution is -0.136. The van der Waals surface area contributed by atoms with Crippen LogP contribution in [0.5, 0.6) is 0 Å². The van der Waals surface area contributed by atoms with Crippen molar-refractivity contribution in [1.82, 2.24) is 10.2 Å². The number of rotatable bonds is 5. The number of benzene rings is 1. The molecule has 0 aliphatic carbocycles. The van der Waals surface area contributed by atoms with E-state index < -0.39 is 11.8 Å². The van der Waals surface area contributed by atoms with E-state index in [1.165, 1.54) is 0 Å². The molecule has 1 heterocycles. The average Bonchev–Trinajstić information content (AvgIpc) is 3.03. The van der Waals surface area contributed by atoms with E-state index in [9.17, 15) is 9.59 Å². The van der Waals surface area contributed by atoms with Gasteiger partial charge in [-0.05, 0) is 44.6 Å². The summed E-state index contributed by atoms with van der Waals surface area (Å²) in [7, 11) is 3.89. The van der Waals surface area contributed by atoms with Gasteiger partial charge >= 0.3 is 11.8 Å². The van der Waals surface area contributed by atoms with Crippen LogP contribution < -0.4 is 10.6 Å². The number of carbonyl (C=O) groups excluding carboxylic acids is 2. The summed E-state index contributed by atoms with van der Waals surface area (Å²) in [5.74, 6) is -1.29. The number of hydrogen-bond donors (Lipinski definition) is 2. The summed E-state index contributed by atoms with van der Waals surface area (Å²) in [6.45, 7) is 2.35. The Balaban J connectivity index is 1.90. The molecule has 0 saturated carbocycles. The van der Waals surface area contributed by atoms with Gasteiger partial charge in [0.05, 0.1) is 6.04 Å². The highest BCUT2D eigenvalue weighted by Gasteiger charge is 2.19. The number of carbonyl (C=O) groups is 2. The second-order valence-electron chi connectivity index (χ2n) is 5.53. The van der Waals surface area contributed by atoms with Crippen molar-refractivity contribution in [2.45, 2.75) is 13.0 Å². The maximum absolute atomic E-state index is 12.0. The highest BCUT2D eigenvalue weighted by molar-refractivity contribution is 7.10. The van der Waals surface area contributed by atoms with Crippen LogP contribution in [0.1, 0.15) is 16.5 Å². The van der Waals surface area contributed by atoms with Crippen LogP contribution in [0.2, 0.25) is 0 Å². The minimum absolute atomic E-state index is 0.0473. The summed E-state index contributed by atoms with van der Waals surface area (Å²) in [6.07, 6.45) is 0. The van der Waals surface area contributed by atoms with E-state index in [0.717, 1.165) is 10.4 Å². The number of anilines is 1. The third kappa shape index (κ3) is 4.91. The molecule has 6 heteroatoms. The molecule has 122 valence electrons. The minimum Gasteiger partial charge on any atom is -0.346 e. The topological polar surface area (TPSA) is 61.4 Å². The van der Waals surface area contributed by atoms with Gasteiger partial charge < -0.3 is 15.5 Å². The normalized spacial score (nSPS) is 12.0. The first-order valence-corrected chi connectivity index (χ1v) is 8.21. The highest BCUT2D eigenvalue weighted by atomic mass is 32.1. The monoisotopic (exact) mass is 331 g/mol. The van der Waals surface area contributed by atoms with Crippen molar-refractivity contribution in [2.24, 2.45) is 0 Å². The van der Waals surface area contributed by atoms with E-state index in [-0.39, 0.29) is 6.04 Å². The van der Waals surface area contributed by atoms with Crippen molar-refractivity contribution < 1.29 is 9.59 Å². The van der Waals surface area contributed by atoms with Crippen LogP contribution in [-0.2, 0) is 9.59 Å². The van der Waals surface area contributed by atoms with Crippen LogP contribution in [0.25, 0.3) is 0 Å². The number of thiophene rings is 1. The summed E-state index contributed by atoms with van der Waals surface area (Å²) in [5.41, 5.74) is 1.70. The molecule has 0 aliphatic rings. The number of likely N-dealkylation sites (N-methyl/N-ethyl adjacent to an activating group) is 1. The Kier molecular flexibility index (Phi) is 5.90. The molecule has 2 N–H and O–H groups in total. The molecule has 0 unspecified atom stereocenters. The maximum Gasteiger partial charge on any atom is 0.313 e. The molecule has 5 nitrogen and oxygen atoms in total. The predicted molar refractivity (Wildman–Crippen MR) is 93.6 cm³/mol. The fraction of sp³-hybridized carbons (Fsp3) is 0.294. The van der Waals surface area contributed by atoms with Gasteiger partial charge in [-0.3, -0.25) is 9.59 Å². The second-order valence-corrected chi connectivity index (χ2v) is 6.50. The number of nitrogens with one attached hydrogen (secondary N) is 2. The number of amides is 2. The average molecular weight is 331 g/mol. The lowest BCUT2D eigenvalue weighted by Crippen LogP contribution is -2.40. The zero-order valence-electron chi connectivity index (χ0n) is 13.5. The molecule has 0 fully saturated rings. The first kappa shape index (κ1) is 17.2. The summed E-state index contributed by atoms with van der Waals surface area (Å²) < 4.78 is 0. The Labute approximate surface area is 140 Å². The van der Waals surface area contributed by atoms with Crippen LogP contribution in [-0.4, -0.2) is 37.4 Å². The Hall–Kier alpha value is -2.18. The second kappa shape index (κ2) is 7.89. The molecule has 1 aromatic carbocycles. The van der Waals surface area contributed by atoms with Crippen molar-refractivity contribution in [2.75, 3.05) is 26.0 Å². The molecule has 2 rings (SSSR count). The quantitative estimate of drug-likeness (QED) is 0.827. The largest absolute Gasteiger partial charge is 0.346 e. The minimum atomic E-state index is -0.655. The predicted octanol–water partition coefficient (Wildman–Crippen LogP) is 2.41. The Morgan fingerprint density at radius 3 is 2.39 bits per heavy atom. The third-order valence-electron chi connectivity index (χ3n) is 3.47. The molecular weight excluding hydrogens is 310 g/mol. The zero-order valence-corrected chi connectivity index (χ0v) is 14.3. The molecule has 23 heavy (non-hydrogen) atoms. The standard InChI is InChI=1S/C17H21N3O2S/c1-12-6-8-13(9-7-12)19-17(22)16(21)18-11-14(20(2)3)15-5-4-10-23-15/h4-10,14H,11H2,1-3H3,(H,18,21)(H,19,22)/t14-/m1/s1. The van der Waals surface area contributed by atoms with Crippen LogP contribution >= 0.6 is 11.3 Å². The third-order valence-corrected chi connectivity index (χ3v) is 4.44. The van der Waals surface area contributed by atoms with Crippen molar-refractivity contribution in [3.05, 3.63) is 52.2 Å². The molecule has 0 saturated heterocycles. The van der Waals surface area contributed by atoms with E-state index in [1.54, 1.807) is 23.5 Å². The van der Waals surface area contributed by atoms with Crippen LogP contribution in [0.3, 0.4) is 0 Å². The fourth-order valence-corrected chi connectivity index (χ4v) is 3.04. The fourth-order valence-electron chi connectivity index (χ4n) is 2.11. The van der Waals surface area contributed by atoms with Gasteiger partial charge in [0.25, 0.3) is 0 Å². The number of hydrogen-bond acceptors (Lipinski definition) is 4. The number of nitrogens with zero attached hydrogens (tertiary/aromatic N) is 1. The molecule has 0 aliphatic heterocycles. The molecule has 0 radical (unpaired) electrons. The first-order valence-electron chi connectivity index (χ1n) is 7.33. The number of aryl methyl sites for hydroxylation is 1. The first-order chi connectivity index (χ1) is 11.0. The highest BCUT2D eigenvalue weighted by Crippen LogP contribution is 2.22. The molecule has 1 aromatic heterocycles. The van der Waals surface area contributed by atoms with Gasteiger partial charge in [-0.2, -0.15) is 0 Å². The van der Waals surface area contributed by atoms with Gasteiger partial charge in [-0.15, -0.1) is 11.3 Å². The van der Waals surface area contributed by atoms with Crippen molar-refractivity contribution in [3.8, 4) is 0 Å². The molecule has 2 aromatic rings. The van der Waals surface area contributed by atoms with E-state index >= 15 is 0 Å². The van der Waals surface area contributed by atoms with Crippen molar-refractivity contribution in [3.63, 3.8) is 0 Å². The lowest BCUT2D eigenvalue weighted by Gasteiger charge is -2.23. The lowest BCUT2D eigenvalue weighted by atomic mass is 10.2. The molecular formula is C17H21N3O2S. The Morgan fingerprint density at radius 2 is 1.83 bits per heavy atom. The molecule has 1 atom stereocenters. The smallest absolute Gasteiger partial charge is 0.313 e. The van der Waals surface area contributed by atoms with E-state index in [0.29, 0.717) is 12.2 Å². The zero-order chi connectivity index (χ0) is 16.8. The summed E-state index contributed by atoms with van der Waals surface area (Å²) in [6, 6.07) is 11.4. The molecule has 0 spiro atoms. The summed E-state index contributed by atoms with van der Waals surface area (Å²) in [4.78, 5) is 27.1. The van der Waals surface area contributed by atoms with Crippen LogP contribution in [0, 0.1) is 6.92 Å². The molecule has 2 amide bonds. The van der Waals surface area contributed by atoms with Gasteiger partial charge in [-0.25, -0.2) is 0 Å². The maximum atomic E-state index is 12.0. The summed E-state index contributed by atoms with van der Waals surface area (Å²) in [5, 5.41) is 7.29. The van der Waals surface area contributed by atoms with Crippen molar-refractivity contribution in [1.29, 1.82) is 0 Å². The van der Waals surface area contributed by atoms with Gasteiger partial charge in [0.15, 0.2) is 0 Å². The van der Waals surface area contributed by atoms with E-state index in [4.69, 9.17) is 0 Å². The van der Waals surface area contributed by atoms with Gasteiger partial charge in [0.2, 0.25) is 0 Å². The van der Waals surface area contributed by atoms with Crippen LogP contribution in [0.4, 0.5) is 5.69 Å². The van der Waals surface area contributed by atoms with E-state index in [1.807, 2.05) is 55.6 Å². The van der Waals surface area contributed by atoms with Crippen LogP contribution in [0.15, 0.2) is 41.8 Å². The van der Waals surface area contributed by atoms with Gasteiger partial charge in [-0.1, -0.05) is 23.8 Å². The Bertz CT molecular complexity index is 651. The SMILES string of the molecule is Cc1ccc(NC(=O)C(=O)NC[C@H](c2cccs2)N(C)C)cc1. The van der Waals surface area contributed by atoms with Gasteiger partial charge in [0.1, 0.15) is 0 Å².